The van der Waals surface area contributed by atoms with E-state index in [-0.39, 0.29) is 16.8 Å². The maximum Gasteiger partial charge on any atom is 0.300 e. The molecular formula is C27H25N5O5. The van der Waals surface area contributed by atoms with E-state index in [0.29, 0.717) is 11.3 Å². The number of nitro groups is 1. The number of aromatic nitrogens is 1. The molecule has 0 aliphatic carbocycles. The Morgan fingerprint density at radius 1 is 1.00 bits per heavy atom. The van der Waals surface area contributed by atoms with Crippen molar-refractivity contribution >= 4 is 34.5 Å². The standard InChI is InChI=1S/C27H25N5O5/c1-29-12-14-30(15-13-29)20-7-9-21(10-8-20)31-24(19-5-3-11-28-17-19)23(26(34)27(31)35)25(33)18-4-2-6-22(16-18)32(36)37/h2-11,16-17,24,33H,12-15H2,1H3/b25-23-. The van der Waals surface area contributed by atoms with Crippen LogP contribution in [-0.4, -0.2) is 64.8 Å². The molecule has 1 atom stereocenters. The van der Waals surface area contributed by atoms with Crippen molar-refractivity contribution in [3.05, 3.63) is 99.9 Å². The molecule has 10 nitrogen and oxygen atoms in total. The van der Waals surface area contributed by atoms with E-state index in [1.165, 1.54) is 35.4 Å². The number of piperazine rings is 1. The van der Waals surface area contributed by atoms with Crippen molar-refractivity contribution in [2.45, 2.75) is 6.04 Å². The highest BCUT2D eigenvalue weighted by Crippen LogP contribution is 2.42. The molecule has 1 amide bonds. The van der Waals surface area contributed by atoms with Crippen LogP contribution in [0.15, 0.2) is 78.6 Å². The first-order chi connectivity index (χ1) is 17.8. The van der Waals surface area contributed by atoms with Crippen molar-refractivity contribution in [3.8, 4) is 0 Å². The number of aliphatic hydroxyl groups is 1. The van der Waals surface area contributed by atoms with Gasteiger partial charge in [0.05, 0.1) is 16.5 Å². The number of rotatable bonds is 5. The molecule has 0 bridgehead atoms. The van der Waals surface area contributed by atoms with E-state index in [1.54, 1.807) is 30.5 Å². The predicted octanol–water partition coefficient (Wildman–Crippen LogP) is 3.37. The number of amides is 1. The first-order valence-corrected chi connectivity index (χ1v) is 11.8. The molecule has 1 N–H and O–H groups in total. The molecule has 3 aromatic rings. The van der Waals surface area contributed by atoms with E-state index in [9.17, 15) is 24.8 Å². The topological polar surface area (TPSA) is 120 Å². The Hall–Kier alpha value is -4.57. The first kappa shape index (κ1) is 24.1. The molecule has 37 heavy (non-hydrogen) atoms. The van der Waals surface area contributed by atoms with Crippen LogP contribution < -0.4 is 9.80 Å². The summed E-state index contributed by atoms with van der Waals surface area (Å²) in [5.74, 6) is -2.15. The molecule has 2 aliphatic heterocycles. The maximum absolute atomic E-state index is 13.3. The van der Waals surface area contributed by atoms with Crippen LogP contribution >= 0.6 is 0 Å². The molecule has 0 radical (unpaired) electrons. The van der Waals surface area contributed by atoms with E-state index in [1.807, 2.05) is 12.1 Å². The van der Waals surface area contributed by atoms with Crippen LogP contribution in [0.3, 0.4) is 0 Å². The lowest BCUT2D eigenvalue weighted by Crippen LogP contribution is -2.44. The fraction of sp³-hybridized carbons (Fsp3) is 0.222. The van der Waals surface area contributed by atoms with Crippen LogP contribution in [0.1, 0.15) is 17.2 Å². The second kappa shape index (κ2) is 9.82. The number of likely N-dealkylation sites (N-methyl/N-ethyl adjacent to an activating group) is 1. The van der Waals surface area contributed by atoms with Crippen LogP contribution in [0.25, 0.3) is 5.76 Å². The lowest BCUT2D eigenvalue weighted by molar-refractivity contribution is -0.384. The monoisotopic (exact) mass is 499 g/mol. The Kier molecular flexibility index (Phi) is 6.41. The van der Waals surface area contributed by atoms with Gasteiger partial charge in [-0.2, -0.15) is 0 Å². The van der Waals surface area contributed by atoms with E-state index < -0.39 is 28.4 Å². The van der Waals surface area contributed by atoms with Gasteiger partial charge in [0, 0.05) is 67.6 Å². The zero-order valence-electron chi connectivity index (χ0n) is 20.2. The highest BCUT2D eigenvalue weighted by Gasteiger charge is 2.47. The van der Waals surface area contributed by atoms with E-state index in [2.05, 4.69) is 21.8 Å². The summed E-state index contributed by atoms with van der Waals surface area (Å²) in [6, 6.07) is 15.2. The van der Waals surface area contributed by atoms with E-state index in [0.717, 1.165) is 31.9 Å². The Balaban J connectivity index is 1.58. The predicted molar refractivity (Wildman–Crippen MR) is 138 cm³/mol. The van der Waals surface area contributed by atoms with Crippen LogP contribution in [0.4, 0.5) is 17.1 Å². The molecule has 3 heterocycles. The van der Waals surface area contributed by atoms with E-state index in [4.69, 9.17) is 0 Å². The molecule has 1 aromatic heterocycles. The number of nitro benzene ring substituents is 1. The van der Waals surface area contributed by atoms with Gasteiger partial charge in [-0.3, -0.25) is 29.6 Å². The third kappa shape index (κ3) is 4.54. The summed E-state index contributed by atoms with van der Waals surface area (Å²) in [6.07, 6.45) is 3.10. The number of ketones is 1. The van der Waals surface area contributed by atoms with Crippen LogP contribution in [0.2, 0.25) is 0 Å². The van der Waals surface area contributed by atoms with Crippen LogP contribution in [-0.2, 0) is 9.59 Å². The van der Waals surface area contributed by atoms with Crippen molar-refractivity contribution in [3.63, 3.8) is 0 Å². The molecule has 2 aliphatic rings. The number of Topliss-reactive ketones (excluding diaryl/α,β-unsaturated/α-hetero) is 1. The second-order valence-electron chi connectivity index (χ2n) is 9.07. The van der Waals surface area contributed by atoms with Gasteiger partial charge in [0.15, 0.2) is 0 Å². The smallest absolute Gasteiger partial charge is 0.300 e. The number of benzene rings is 2. The average Bonchev–Trinajstić information content (AvgIpc) is 3.19. The van der Waals surface area contributed by atoms with Gasteiger partial charge in [-0.1, -0.05) is 18.2 Å². The minimum atomic E-state index is -0.956. The third-order valence-electron chi connectivity index (χ3n) is 6.77. The largest absolute Gasteiger partial charge is 0.507 e. The fourth-order valence-electron chi connectivity index (χ4n) is 4.76. The second-order valence-corrected chi connectivity index (χ2v) is 9.07. The summed E-state index contributed by atoms with van der Waals surface area (Å²) in [4.78, 5) is 47.3. The average molecular weight is 500 g/mol. The van der Waals surface area contributed by atoms with Crippen molar-refractivity contribution in [1.82, 2.24) is 9.88 Å². The number of anilines is 2. The molecule has 2 aromatic carbocycles. The van der Waals surface area contributed by atoms with Crippen LogP contribution in [0, 0.1) is 10.1 Å². The van der Waals surface area contributed by atoms with Crippen molar-refractivity contribution < 1.29 is 19.6 Å². The van der Waals surface area contributed by atoms with Crippen LogP contribution in [0.5, 0.6) is 0 Å². The summed E-state index contributed by atoms with van der Waals surface area (Å²) in [7, 11) is 2.09. The lowest BCUT2D eigenvalue weighted by Gasteiger charge is -2.34. The summed E-state index contributed by atoms with van der Waals surface area (Å²) in [5, 5.41) is 22.4. The van der Waals surface area contributed by atoms with Crippen molar-refractivity contribution in [1.29, 1.82) is 0 Å². The Morgan fingerprint density at radius 2 is 1.70 bits per heavy atom. The molecule has 5 rings (SSSR count). The minimum absolute atomic E-state index is 0.0755. The zero-order valence-corrected chi connectivity index (χ0v) is 20.2. The molecular weight excluding hydrogens is 474 g/mol. The molecule has 188 valence electrons. The Bertz CT molecular complexity index is 1380. The normalized spacial score (nSPS) is 19.9. The number of carbonyl (C=O) groups excluding carboxylic acids is 2. The van der Waals surface area contributed by atoms with Crippen molar-refractivity contribution in [2.75, 3.05) is 43.0 Å². The number of aliphatic hydroxyl groups excluding tert-OH is 1. The Labute approximate surface area is 213 Å². The van der Waals surface area contributed by atoms with Gasteiger partial charge in [-0.15, -0.1) is 0 Å². The quantitative estimate of drug-likeness (QED) is 0.187. The highest BCUT2D eigenvalue weighted by molar-refractivity contribution is 6.51. The fourth-order valence-corrected chi connectivity index (χ4v) is 4.76. The van der Waals surface area contributed by atoms with Gasteiger partial charge in [-0.05, 0) is 42.9 Å². The highest BCUT2D eigenvalue weighted by atomic mass is 16.6. The minimum Gasteiger partial charge on any atom is -0.507 e. The number of carbonyl (C=O) groups is 2. The summed E-state index contributed by atoms with van der Waals surface area (Å²) in [5.41, 5.74) is 1.72. The molecule has 0 spiro atoms. The SMILES string of the molecule is CN1CCN(c2ccc(N3C(=O)C(=O)/C(=C(\O)c4cccc([N+](=O)[O-])c4)C3c3cccnc3)cc2)CC1. The first-order valence-electron chi connectivity index (χ1n) is 11.8. The summed E-state index contributed by atoms with van der Waals surface area (Å²) in [6.45, 7) is 3.68. The number of non-ortho nitro benzene ring substituents is 1. The van der Waals surface area contributed by atoms with Crippen molar-refractivity contribution in [2.24, 2.45) is 0 Å². The number of pyridine rings is 1. The third-order valence-corrected chi connectivity index (χ3v) is 6.77. The molecule has 2 saturated heterocycles. The van der Waals surface area contributed by atoms with Gasteiger partial charge in [0.25, 0.3) is 17.4 Å². The van der Waals surface area contributed by atoms with Gasteiger partial charge in [0.2, 0.25) is 0 Å². The number of hydrogen-bond acceptors (Lipinski definition) is 8. The van der Waals surface area contributed by atoms with E-state index >= 15 is 0 Å². The van der Waals surface area contributed by atoms with Gasteiger partial charge in [-0.25, -0.2) is 0 Å². The number of nitrogens with zero attached hydrogens (tertiary/aromatic N) is 5. The maximum atomic E-state index is 13.3. The summed E-state index contributed by atoms with van der Waals surface area (Å²) < 4.78 is 0. The molecule has 0 saturated carbocycles. The molecule has 1 unspecified atom stereocenters. The number of hydrogen-bond donors (Lipinski definition) is 1. The summed E-state index contributed by atoms with van der Waals surface area (Å²) >= 11 is 0. The van der Waals surface area contributed by atoms with Gasteiger partial charge >= 0.3 is 0 Å². The van der Waals surface area contributed by atoms with Gasteiger partial charge < -0.3 is 14.9 Å². The Morgan fingerprint density at radius 3 is 2.35 bits per heavy atom. The zero-order chi connectivity index (χ0) is 26.1. The molecule has 2 fully saturated rings. The lowest BCUT2D eigenvalue weighted by atomic mass is 9.96. The molecule has 10 heteroatoms. The van der Waals surface area contributed by atoms with Gasteiger partial charge in [0.1, 0.15) is 5.76 Å².